The Kier molecular flexibility index (Phi) is 6.02. The molecule has 0 aliphatic rings. The van der Waals surface area contributed by atoms with E-state index in [9.17, 15) is 4.79 Å². The molecule has 0 aliphatic carbocycles. The van der Waals surface area contributed by atoms with E-state index in [1.165, 1.54) is 0 Å². The highest BCUT2D eigenvalue weighted by molar-refractivity contribution is 5.68. The normalized spacial score (nSPS) is 12.5. The number of carbonyl (C=O) groups is 1. The molecule has 0 saturated carbocycles. The number of hydrogen-bond acceptors (Lipinski definition) is 2. The van der Waals surface area contributed by atoms with Crippen LogP contribution in [-0.2, 0) is 17.7 Å². The summed E-state index contributed by atoms with van der Waals surface area (Å²) in [5.41, 5.74) is 1.68. The quantitative estimate of drug-likeness (QED) is 0.785. The molecule has 0 heterocycles. The van der Waals surface area contributed by atoms with Gasteiger partial charge in [-0.25, -0.2) is 4.79 Å². The number of ether oxygens (including phenoxy) is 1. The molecule has 1 amide bonds. The number of rotatable bonds is 5. The van der Waals surface area contributed by atoms with Crippen LogP contribution >= 0.6 is 0 Å². The predicted octanol–water partition coefficient (Wildman–Crippen LogP) is 4.87. The highest BCUT2D eigenvalue weighted by Gasteiger charge is 2.26. The zero-order valence-corrected chi connectivity index (χ0v) is 14.7. The van der Waals surface area contributed by atoms with Crippen LogP contribution in [0.4, 0.5) is 4.79 Å². The Hall–Kier alpha value is -2.29. The van der Waals surface area contributed by atoms with Crippen LogP contribution in [0.25, 0.3) is 0 Å². The van der Waals surface area contributed by atoms with Crippen molar-refractivity contribution in [3.63, 3.8) is 0 Å². The summed E-state index contributed by atoms with van der Waals surface area (Å²) in [6.45, 7) is 10.3. The lowest BCUT2D eigenvalue weighted by Crippen LogP contribution is -2.42. The van der Waals surface area contributed by atoms with Gasteiger partial charge in [0.05, 0.1) is 0 Å². The van der Waals surface area contributed by atoms with E-state index in [2.05, 4.69) is 6.92 Å². The maximum absolute atomic E-state index is 12.7. The standard InChI is InChI=1S/C21H26NO2/c1-17(15-18-11-7-5-8-12-18)22(20(23)24-21(2,3)4)16-19-13-9-6-10-14-19/h5-14,17H,1,15-16H2,2-4H3/t17-/m0/s1. The average Bonchev–Trinajstić information content (AvgIpc) is 2.52. The van der Waals surface area contributed by atoms with Gasteiger partial charge in [0.15, 0.2) is 0 Å². The predicted molar refractivity (Wildman–Crippen MR) is 97.5 cm³/mol. The molecule has 2 rings (SSSR count). The molecule has 0 spiro atoms. The van der Waals surface area contributed by atoms with Crippen molar-refractivity contribution < 1.29 is 9.53 Å². The van der Waals surface area contributed by atoms with Gasteiger partial charge in [0.1, 0.15) is 5.60 Å². The zero-order valence-electron chi connectivity index (χ0n) is 14.7. The van der Waals surface area contributed by atoms with Crippen LogP contribution in [0, 0.1) is 6.92 Å². The van der Waals surface area contributed by atoms with Crippen LogP contribution in [0.3, 0.4) is 0 Å². The molecule has 0 saturated heterocycles. The van der Waals surface area contributed by atoms with Gasteiger partial charge in [0.25, 0.3) is 0 Å². The minimum Gasteiger partial charge on any atom is -0.444 e. The van der Waals surface area contributed by atoms with Gasteiger partial charge in [0, 0.05) is 12.6 Å². The Labute approximate surface area is 145 Å². The molecule has 0 aliphatic heterocycles. The minimum atomic E-state index is -0.529. The largest absolute Gasteiger partial charge is 0.444 e. The Morgan fingerprint density at radius 1 is 1.00 bits per heavy atom. The van der Waals surface area contributed by atoms with Gasteiger partial charge in [-0.05, 0) is 45.2 Å². The lowest BCUT2D eigenvalue weighted by atomic mass is 10.1. The first-order valence-electron chi connectivity index (χ1n) is 8.26. The van der Waals surface area contributed by atoms with E-state index in [4.69, 9.17) is 4.74 Å². The molecule has 0 aromatic heterocycles. The molecule has 0 bridgehead atoms. The fraction of sp³-hybridized carbons (Fsp3) is 0.333. The number of hydrogen-bond donors (Lipinski definition) is 0. The van der Waals surface area contributed by atoms with Crippen LogP contribution in [0.5, 0.6) is 0 Å². The van der Waals surface area contributed by atoms with Gasteiger partial charge < -0.3 is 9.64 Å². The summed E-state index contributed by atoms with van der Waals surface area (Å²) in [5, 5.41) is 0. The molecular weight excluding hydrogens is 298 g/mol. The highest BCUT2D eigenvalue weighted by atomic mass is 16.6. The smallest absolute Gasteiger partial charge is 0.410 e. The van der Waals surface area contributed by atoms with E-state index in [0.717, 1.165) is 11.1 Å². The number of amides is 1. The molecule has 0 N–H and O–H groups in total. The van der Waals surface area contributed by atoms with Crippen LogP contribution in [0.1, 0.15) is 31.9 Å². The summed E-state index contributed by atoms with van der Waals surface area (Å²) in [5.74, 6) is 0. The van der Waals surface area contributed by atoms with Gasteiger partial charge in [-0.2, -0.15) is 0 Å². The Balaban J connectivity index is 2.16. The third-order valence-corrected chi connectivity index (χ3v) is 3.58. The van der Waals surface area contributed by atoms with E-state index in [-0.39, 0.29) is 12.1 Å². The van der Waals surface area contributed by atoms with Crippen LogP contribution in [0.15, 0.2) is 60.7 Å². The second-order valence-electron chi connectivity index (χ2n) is 6.94. The number of benzene rings is 2. The fourth-order valence-electron chi connectivity index (χ4n) is 2.44. The SMILES string of the molecule is [CH2][C@@H](Cc1ccccc1)N(Cc1ccccc1)C(=O)OC(C)(C)C. The average molecular weight is 324 g/mol. The summed E-state index contributed by atoms with van der Waals surface area (Å²) in [6, 6.07) is 19.8. The minimum absolute atomic E-state index is 0.206. The van der Waals surface area contributed by atoms with Gasteiger partial charge in [0.2, 0.25) is 0 Å². The topological polar surface area (TPSA) is 29.5 Å². The second-order valence-corrected chi connectivity index (χ2v) is 6.94. The van der Waals surface area contributed by atoms with Gasteiger partial charge >= 0.3 is 6.09 Å². The van der Waals surface area contributed by atoms with E-state index >= 15 is 0 Å². The van der Waals surface area contributed by atoms with Gasteiger partial charge in [-0.1, -0.05) is 60.7 Å². The summed E-state index contributed by atoms with van der Waals surface area (Å²) in [6.07, 6.45) is 0.356. The molecule has 0 unspecified atom stereocenters. The van der Waals surface area contributed by atoms with E-state index in [0.29, 0.717) is 13.0 Å². The third-order valence-electron chi connectivity index (χ3n) is 3.58. The molecule has 3 heteroatoms. The zero-order chi connectivity index (χ0) is 17.6. The van der Waals surface area contributed by atoms with Crippen LogP contribution in [-0.4, -0.2) is 22.6 Å². The lowest BCUT2D eigenvalue weighted by Gasteiger charge is -2.32. The molecule has 2 aromatic rings. The van der Waals surface area contributed by atoms with E-state index < -0.39 is 5.60 Å². The van der Waals surface area contributed by atoms with Crippen molar-refractivity contribution in [1.82, 2.24) is 4.90 Å². The van der Waals surface area contributed by atoms with Crippen LogP contribution in [0.2, 0.25) is 0 Å². The molecule has 3 nitrogen and oxygen atoms in total. The molecule has 24 heavy (non-hydrogen) atoms. The van der Waals surface area contributed by atoms with Crippen molar-refractivity contribution in [3.05, 3.63) is 78.7 Å². The monoisotopic (exact) mass is 324 g/mol. The Morgan fingerprint density at radius 2 is 1.50 bits per heavy atom. The molecule has 0 fully saturated rings. The summed E-state index contributed by atoms with van der Waals surface area (Å²) in [7, 11) is 0. The first-order valence-corrected chi connectivity index (χ1v) is 8.26. The first kappa shape index (κ1) is 18.1. The van der Waals surface area contributed by atoms with Crippen molar-refractivity contribution >= 4 is 6.09 Å². The Morgan fingerprint density at radius 3 is 2.00 bits per heavy atom. The summed E-state index contributed by atoms with van der Waals surface area (Å²) >= 11 is 0. The maximum Gasteiger partial charge on any atom is 0.410 e. The molecule has 127 valence electrons. The molecule has 2 aromatic carbocycles. The fourth-order valence-corrected chi connectivity index (χ4v) is 2.44. The van der Waals surface area contributed by atoms with E-state index in [1.54, 1.807) is 4.90 Å². The van der Waals surface area contributed by atoms with Gasteiger partial charge in [-0.3, -0.25) is 0 Å². The number of carbonyl (C=O) groups excluding carboxylic acids is 1. The number of nitrogens with zero attached hydrogens (tertiary/aromatic N) is 1. The van der Waals surface area contributed by atoms with Gasteiger partial charge in [-0.15, -0.1) is 0 Å². The first-order chi connectivity index (χ1) is 11.3. The summed E-state index contributed by atoms with van der Waals surface area (Å²) < 4.78 is 5.58. The van der Waals surface area contributed by atoms with Crippen molar-refractivity contribution in [2.24, 2.45) is 0 Å². The van der Waals surface area contributed by atoms with Crippen LogP contribution < -0.4 is 0 Å². The van der Waals surface area contributed by atoms with Crippen molar-refractivity contribution in [2.45, 2.75) is 45.4 Å². The van der Waals surface area contributed by atoms with Crippen molar-refractivity contribution in [3.8, 4) is 0 Å². The Bertz CT molecular complexity index is 632. The third kappa shape index (κ3) is 5.73. The molecular formula is C21H26NO2. The lowest BCUT2D eigenvalue weighted by molar-refractivity contribution is 0.0178. The molecule has 1 radical (unpaired) electrons. The highest BCUT2D eigenvalue weighted by Crippen LogP contribution is 2.17. The second kappa shape index (κ2) is 8.00. The maximum atomic E-state index is 12.7. The molecule has 1 atom stereocenters. The van der Waals surface area contributed by atoms with Crippen molar-refractivity contribution in [2.75, 3.05) is 0 Å². The van der Waals surface area contributed by atoms with E-state index in [1.807, 2.05) is 81.4 Å². The summed E-state index contributed by atoms with van der Waals surface area (Å²) in [4.78, 5) is 14.4. The van der Waals surface area contributed by atoms with Crippen molar-refractivity contribution in [1.29, 1.82) is 0 Å².